The lowest BCUT2D eigenvalue weighted by atomic mass is 10.2. The van der Waals surface area contributed by atoms with Crippen LogP contribution < -0.4 is 5.56 Å². The molecule has 0 aromatic carbocycles. The van der Waals surface area contributed by atoms with Gasteiger partial charge in [0.15, 0.2) is 0 Å². The van der Waals surface area contributed by atoms with Crippen LogP contribution in [-0.4, -0.2) is 9.97 Å². The molecule has 0 bridgehead atoms. The van der Waals surface area contributed by atoms with Gasteiger partial charge in [0.2, 0.25) is 0 Å². The van der Waals surface area contributed by atoms with Gasteiger partial charge in [0.05, 0.1) is 11.6 Å². The second-order valence-electron chi connectivity index (χ2n) is 2.66. The minimum Gasteiger partial charge on any atom is -0.309 e. The number of hydrogen-bond acceptors (Lipinski definition) is 2. The molecule has 1 aromatic rings. The van der Waals surface area contributed by atoms with Gasteiger partial charge in [0.1, 0.15) is 10.3 Å². The van der Waals surface area contributed by atoms with Gasteiger partial charge >= 0.3 is 0 Å². The highest BCUT2D eigenvalue weighted by atomic mass is 79.9. The molecule has 5 heteroatoms. The molecule has 0 aliphatic carbocycles. The van der Waals surface area contributed by atoms with Crippen molar-refractivity contribution in [2.45, 2.75) is 25.6 Å². The van der Waals surface area contributed by atoms with Crippen molar-refractivity contribution in [3.05, 3.63) is 26.3 Å². The first kappa shape index (κ1) is 10.7. The minimum atomic E-state index is -0.158. The first-order valence-corrected chi connectivity index (χ1v) is 5.35. The van der Waals surface area contributed by atoms with Crippen molar-refractivity contribution in [2.75, 3.05) is 0 Å². The van der Waals surface area contributed by atoms with Crippen LogP contribution in [-0.2, 0) is 12.3 Å². The summed E-state index contributed by atoms with van der Waals surface area (Å²) in [6.45, 7) is 2.04. The monoisotopic (exact) mass is 264 g/mol. The van der Waals surface area contributed by atoms with Gasteiger partial charge in [-0.25, -0.2) is 4.98 Å². The Morgan fingerprint density at radius 2 is 2.31 bits per heavy atom. The summed E-state index contributed by atoms with van der Waals surface area (Å²) in [5, 5.41) is 0. The number of aromatic nitrogens is 2. The fourth-order valence-corrected chi connectivity index (χ4v) is 1.54. The van der Waals surface area contributed by atoms with Gasteiger partial charge in [-0.1, -0.05) is 13.3 Å². The molecule has 13 heavy (non-hydrogen) atoms. The third-order valence-electron chi connectivity index (χ3n) is 1.59. The van der Waals surface area contributed by atoms with Crippen LogP contribution >= 0.6 is 27.5 Å². The summed E-state index contributed by atoms with van der Waals surface area (Å²) >= 11 is 8.77. The first-order chi connectivity index (χ1) is 6.19. The molecule has 3 nitrogen and oxygen atoms in total. The molecule has 0 radical (unpaired) electrons. The Labute approximate surface area is 89.7 Å². The quantitative estimate of drug-likeness (QED) is 0.852. The maximum atomic E-state index is 11.3. The molecule has 0 fully saturated rings. The zero-order valence-corrected chi connectivity index (χ0v) is 9.57. The van der Waals surface area contributed by atoms with Gasteiger partial charge in [-0.05, 0) is 22.4 Å². The van der Waals surface area contributed by atoms with E-state index in [2.05, 4.69) is 25.9 Å². The van der Waals surface area contributed by atoms with E-state index >= 15 is 0 Å². The van der Waals surface area contributed by atoms with Gasteiger partial charge in [0.25, 0.3) is 5.56 Å². The van der Waals surface area contributed by atoms with E-state index in [0.29, 0.717) is 10.3 Å². The number of hydrogen-bond donors (Lipinski definition) is 1. The van der Waals surface area contributed by atoms with Gasteiger partial charge in [-0.2, -0.15) is 0 Å². The standard InChI is InChI=1S/C8H10BrClN2O/c1-2-3-5-7(9)8(13)12-6(4-10)11-5/h2-4H2,1H3,(H,11,12,13). The van der Waals surface area contributed by atoms with Crippen LogP contribution in [0.1, 0.15) is 24.9 Å². The average molecular weight is 266 g/mol. The van der Waals surface area contributed by atoms with Gasteiger partial charge < -0.3 is 4.98 Å². The average Bonchev–Trinajstić information content (AvgIpc) is 2.13. The number of alkyl halides is 1. The van der Waals surface area contributed by atoms with E-state index in [9.17, 15) is 4.79 Å². The second kappa shape index (κ2) is 4.77. The van der Waals surface area contributed by atoms with Crippen LogP contribution in [0.4, 0.5) is 0 Å². The number of halogens is 2. The molecule has 72 valence electrons. The van der Waals surface area contributed by atoms with Gasteiger partial charge in [-0.15, -0.1) is 11.6 Å². The zero-order chi connectivity index (χ0) is 9.84. The Hall–Kier alpha value is -0.350. The zero-order valence-electron chi connectivity index (χ0n) is 7.23. The van der Waals surface area contributed by atoms with Crippen molar-refractivity contribution in [3.63, 3.8) is 0 Å². The predicted molar refractivity (Wildman–Crippen MR) is 56.1 cm³/mol. The van der Waals surface area contributed by atoms with Crippen molar-refractivity contribution in [1.29, 1.82) is 0 Å². The van der Waals surface area contributed by atoms with E-state index in [4.69, 9.17) is 11.6 Å². The Bertz CT molecular complexity index is 350. The molecule has 0 saturated heterocycles. The smallest absolute Gasteiger partial charge is 0.265 e. The Balaban J connectivity index is 3.17. The number of nitrogens with one attached hydrogen (secondary N) is 1. The molecule has 1 N–H and O–H groups in total. The third-order valence-corrected chi connectivity index (χ3v) is 2.66. The highest BCUT2D eigenvalue weighted by Gasteiger charge is 2.06. The Kier molecular flexibility index (Phi) is 3.93. The molecule has 0 saturated carbocycles. The highest BCUT2D eigenvalue weighted by Crippen LogP contribution is 2.11. The lowest BCUT2D eigenvalue weighted by Gasteiger charge is -2.02. The number of nitrogens with zero attached hydrogens (tertiary/aromatic N) is 1. The summed E-state index contributed by atoms with van der Waals surface area (Å²) < 4.78 is 0.517. The SMILES string of the molecule is CCCc1nc(CCl)[nH]c(=O)c1Br. The largest absolute Gasteiger partial charge is 0.309 e. The number of H-pyrrole nitrogens is 1. The van der Waals surface area contributed by atoms with Crippen LogP contribution in [0.2, 0.25) is 0 Å². The molecule has 0 aliphatic rings. The molecule has 0 unspecified atom stereocenters. The van der Waals surface area contributed by atoms with Crippen molar-refractivity contribution >= 4 is 27.5 Å². The first-order valence-electron chi connectivity index (χ1n) is 4.02. The second-order valence-corrected chi connectivity index (χ2v) is 3.72. The van der Waals surface area contributed by atoms with Crippen LogP contribution in [0.15, 0.2) is 9.27 Å². The fraction of sp³-hybridized carbons (Fsp3) is 0.500. The summed E-state index contributed by atoms with van der Waals surface area (Å²) in [6.07, 6.45) is 1.74. The van der Waals surface area contributed by atoms with Gasteiger partial charge in [0, 0.05) is 0 Å². The molecule has 1 rings (SSSR count). The van der Waals surface area contributed by atoms with Gasteiger partial charge in [-0.3, -0.25) is 4.79 Å². The van der Waals surface area contributed by atoms with E-state index in [-0.39, 0.29) is 11.4 Å². The molecule has 0 spiro atoms. The van der Waals surface area contributed by atoms with Crippen LogP contribution in [0.25, 0.3) is 0 Å². The summed E-state index contributed by atoms with van der Waals surface area (Å²) in [5.41, 5.74) is 0.621. The molecule has 0 amide bonds. The number of aryl methyl sites for hydroxylation is 1. The van der Waals surface area contributed by atoms with Crippen LogP contribution in [0.3, 0.4) is 0 Å². The normalized spacial score (nSPS) is 10.4. The van der Waals surface area contributed by atoms with Crippen molar-refractivity contribution < 1.29 is 0 Å². The van der Waals surface area contributed by atoms with E-state index in [1.54, 1.807) is 0 Å². The maximum absolute atomic E-state index is 11.3. The summed E-state index contributed by atoms with van der Waals surface area (Å²) in [7, 11) is 0. The minimum absolute atomic E-state index is 0.158. The molecular formula is C8H10BrClN2O. The number of aromatic amines is 1. The van der Waals surface area contributed by atoms with Crippen molar-refractivity contribution in [3.8, 4) is 0 Å². The molecule has 1 aromatic heterocycles. The maximum Gasteiger partial charge on any atom is 0.265 e. The van der Waals surface area contributed by atoms with Crippen molar-refractivity contribution in [2.24, 2.45) is 0 Å². The van der Waals surface area contributed by atoms with Crippen molar-refractivity contribution in [1.82, 2.24) is 9.97 Å². The van der Waals surface area contributed by atoms with Crippen LogP contribution in [0.5, 0.6) is 0 Å². The van der Waals surface area contributed by atoms with Crippen LogP contribution in [0, 0.1) is 0 Å². The summed E-state index contributed by atoms with van der Waals surface area (Å²) in [6, 6.07) is 0. The molecule has 1 heterocycles. The Morgan fingerprint density at radius 3 is 2.85 bits per heavy atom. The molecular weight excluding hydrogens is 255 g/mol. The number of rotatable bonds is 3. The molecule has 0 aliphatic heterocycles. The summed E-state index contributed by atoms with van der Waals surface area (Å²) in [5.74, 6) is 0.762. The third kappa shape index (κ3) is 2.54. The molecule has 0 atom stereocenters. The van der Waals surface area contributed by atoms with E-state index < -0.39 is 0 Å². The highest BCUT2D eigenvalue weighted by molar-refractivity contribution is 9.10. The van der Waals surface area contributed by atoms with E-state index in [1.807, 2.05) is 6.92 Å². The Morgan fingerprint density at radius 1 is 1.62 bits per heavy atom. The topological polar surface area (TPSA) is 45.8 Å². The van der Waals surface area contributed by atoms with E-state index in [0.717, 1.165) is 18.5 Å². The fourth-order valence-electron chi connectivity index (χ4n) is 1.02. The lowest BCUT2D eigenvalue weighted by Crippen LogP contribution is -2.14. The predicted octanol–water partition coefficient (Wildman–Crippen LogP) is 2.22. The summed E-state index contributed by atoms with van der Waals surface area (Å²) in [4.78, 5) is 18.1. The van der Waals surface area contributed by atoms with E-state index in [1.165, 1.54) is 0 Å². The lowest BCUT2D eigenvalue weighted by molar-refractivity contribution is 0.835.